The smallest absolute Gasteiger partial charge is 0.226 e. The van der Waals surface area contributed by atoms with Gasteiger partial charge in [0.2, 0.25) is 5.91 Å². The molecule has 0 saturated carbocycles. The first-order valence-electron chi connectivity index (χ1n) is 7.29. The minimum Gasteiger partial charge on any atom is -0.399 e. The van der Waals surface area contributed by atoms with Crippen LogP contribution in [-0.2, 0) is 24.2 Å². The first-order valence-corrected chi connectivity index (χ1v) is 7.29. The largest absolute Gasteiger partial charge is 0.399 e. The van der Waals surface area contributed by atoms with Crippen molar-refractivity contribution in [2.75, 3.05) is 12.8 Å². The molecule has 0 aliphatic heterocycles. The average molecular weight is 280 g/mol. The molecule has 0 atom stereocenters. The Labute approximate surface area is 125 Å². The van der Waals surface area contributed by atoms with Crippen LogP contribution < -0.4 is 5.73 Å². The van der Waals surface area contributed by atoms with Crippen molar-refractivity contribution in [1.29, 1.82) is 0 Å². The molecule has 0 spiro atoms. The fraction of sp³-hybridized carbons (Fsp3) is 0.278. The Kier molecular flexibility index (Phi) is 3.65. The van der Waals surface area contributed by atoms with E-state index in [-0.39, 0.29) is 11.8 Å². The van der Waals surface area contributed by atoms with E-state index >= 15 is 0 Å². The molecule has 3 heteroatoms. The normalized spacial score (nSPS) is 14.0. The van der Waals surface area contributed by atoms with E-state index in [1.54, 1.807) is 0 Å². The van der Waals surface area contributed by atoms with Gasteiger partial charge in [-0.3, -0.25) is 4.79 Å². The van der Waals surface area contributed by atoms with E-state index in [0.717, 1.165) is 24.1 Å². The van der Waals surface area contributed by atoms with Crippen LogP contribution in [0.15, 0.2) is 48.5 Å². The standard InChI is InChI=1S/C18H20N2O/c1-20(12-13-6-8-17(19)9-7-13)18(21)16-10-14-4-2-3-5-15(14)11-16/h2-9,16H,10-12,19H2,1H3. The van der Waals surface area contributed by atoms with Gasteiger partial charge in [0.05, 0.1) is 0 Å². The number of carbonyl (C=O) groups excluding carboxylic acids is 1. The van der Waals surface area contributed by atoms with Crippen molar-refractivity contribution < 1.29 is 4.79 Å². The Hall–Kier alpha value is -2.29. The SMILES string of the molecule is CN(Cc1ccc(N)cc1)C(=O)C1Cc2ccccc2C1. The highest BCUT2D eigenvalue weighted by Gasteiger charge is 2.29. The Balaban J connectivity index is 1.65. The minimum absolute atomic E-state index is 0.0844. The number of nitrogens with two attached hydrogens (primary N) is 1. The van der Waals surface area contributed by atoms with Crippen molar-refractivity contribution >= 4 is 11.6 Å². The molecule has 1 aliphatic rings. The Bertz CT molecular complexity index is 624. The molecule has 0 saturated heterocycles. The third-order valence-electron chi connectivity index (χ3n) is 4.18. The number of carbonyl (C=O) groups is 1. The van der Waals surface area contributed by atoms with Crippen LogP contribution in [0.4, 0.5) is 5.69 Å². The molecule has 3 rings (SSSR count). The number of fused-ring (bicyclic) bond motifs is 1. The van der Waals surface area contributed by atoms with Crippen LogP contribution >= 0.6 is 0 Å². The van der Waals surface area contributed by atoms with Gasteiger partial charge in [-0.15, -0.1) is 0 Å². The number of benzene rings is 2. The Morgan fingerprint density at radius 2 is 1.67 bits per heavy atom. The molecular formula is C18H20N2O. The number of nitrogens with zero attached hydrogens (tertiary/aromatic N) is 1. The predicted molar refractivity (Wildman–Crippen MR) is 84.7 cm³/mol. The summed E-state index contributed by atoms with van der Waals surface area (Å²) < 4.78 is 0. The second-order valence-corrected chi connectivity index (χ2v) is 5.81. The third-order valence-corrected chi connectivity index (χ3v) is 4.18. The summed E-state index contributed by atoms with van der Waals surface area (Å²) in [6.07, 6.45) is 1.72. The van der Waals surface area contributed by atoms with Gasteiger partial charge < -0.3 is 10.6 Å². The molecule has 0 aromatic heterocycles. The van der Waals surface area contributed by atoms with Crippen molar-refractivity contribution in [2.24, 2.45) is 5.92 Å². The maximum Gasteiger partial charge on any atom is 0.226 e. The summed E-state index contributed by atoms with van der Waals surface area (Å²) in [5, 5.41) is 0. The molecule has 0 unspecified atom stereocenters. The van der Waals surface area contributed by atoms with Crippen molar-refractivity contribution in [3.63, 3.8) is 0 Å². The molecule has 0 fully saturated rings. The van der Waals surface area contributed by atoms with E-state index in [2.05, 4.69) is 12.1 Å². The van der Waals surface area contributed by atoms with E-state index in [1.807, 2.05) is 48.3 Å². The third kappa shape index (κ3) is 2.92. The Morgan fingerprint density at radius 3 is 2.24 bits per heavy atom. The zero-order chi connectivity index (χ0) is 14.8. The molecule has 2 N–H and O–H groups in total. The lowest BCUT2D eigenvalue weighted by Gasteiger charge is -2.21. The van der Waals surface area contributed by atoms with Gasteiger partial charge in [-0.05, 0) is 41.7 Å². The summed E-state index contributed by atoms with van der Waals surface area (Å²) in [5.41, 5.74) is 10.2. The summed E-state index contributed by atoms with van der Waals surface area (Å²) in [6.45, 7) is 0.631. The van der Waals surface area contributed by atoms with Gasteiger partial charge in [0.25, 0.3) is 0 Å². The van der Waals surface area contributed by atoms with Crippen LogP contribution in [0.2, 0.25) is 0 Å². The fourth-order valence-electron chi connectivity index (χ4n) is 3.02. The van der Waals surface area contributed by atoms with Crippen molar-refractivity contribution in [3.8, 4) is 0 Å². The molecule has 2 aromatic carbocycles. The molecule has 108 valence electrons. The fourth-order valence-corrected chi connectivity index (χ4v) is 3.02. The van der Waals surface area contributed by atoms with Crippen LogP contribution in [0.3, 0.4) is 0 Å². The molecule has 0 heterocycles. The van der Waals surface area contributed by atoms with Gasteiger partial charge in [-0.2, -0.15) is 0 Å². The van der Waals surface area contributed by atoms with Crippen molar-refractivity contribution in [2.45, 2.75) is 19.4 Å². The molecule has 1 amide bonds. The number of rotatable bonds is 3. The highest BCUT2D eigenvalue weighted by Crippen LogP contribution is 2.27. The second kappa shape index (κ2) is 5.60. The van der Waals surface area contributed by atoms with E-state index < -0.39 is 0 Å². The molecule has 0 bridgehead atoms. The summed E-state index contributed by atoms with van der Waals surface area (Å²) in [6, 6.07) is 16.0. The van der Waals surface area contributed by atoms with Gasteiger partial charge in [0.15, 0.2) is 0 Å². The molecule has 3 nitrogen and oxygen atoms in total. The van der Waals surface area contributed by atoms with Crippen molar-refractivity contribution in [1.82, 2.24) is 4.90 Å². The predicted octanol–water partition coefficient (Wildman–Crippen LogP) is 2.64. The van der Waals surface area contributed by atoms with Gasteiger partial charge in [0.1, 0.15) is 0 Å². The van der Waals surface area contributed by atoms with E-state index in [0.29, 0.717) is 6.54 Å². The minimum atomic E-state index is 0.0844. The molecule has 0 radical (unpaired) electrons. The second-order valence-electron chi connectivity index (χ2n) is 5.81. The maximum absolute atomic E-state index is 12.6. The lowest BCUT2D eigenvalue weighted by atomic mass is 10.0. The van der Waals surface area contributed by atoms with Gasteiger partial charge in [0, 0.05) is 25.2 Å². The number of hydrogen-bond acceptors (Lipinski definition) is 2. The topological polar surface area (TPSA) is 46.3 Å². The van der Waals surface area contributed by atoms with Gasteiger partial charge in [-0.1, -0.05) is 36.4 Å². The molecule has 21 heavy (non-hydrogen) atoms. The Morgan fingerprint density at radius 1 is 1.10 bits per heavy atom. The highest BCUT2D eigenvalue weighted by molar-refractivity contribution is 5.80. The highest BCUT2D eigenvalue weighted by atomic mass is 16.2. The maximum atomic E-state index is 12.6. The number of hydrogen-bond donors (Lipinski definition) is 1. The van der Waals surface area contributed by atoms with Crippen LogP contribution in [0, 0.1) is 5.92 Å². The first-order chi connectivity index (χ1) is 10.1. The summed E-state index contributed by atoms with van der Waals surface area (Å²) in [5.74, 6) is 0.309. The summed E-state index contributed by atoms with van der Waals surface area (Å²) in [4.78, 5) is 14.4. The zero-order valence-electron chi connectivity index (χ0n) is 12.3. The van der Waals surface area contributed by atoms with Crippen LogP contribution in [0.5, 0.6) is 0 Å². The number of amides is 1. The summed E-state index contributed by atoms with van der Waals surface area (Å²) in [7, 11) is 1.88. The zero-order valence-corrected chi connectivity index (χ0v) is 12.3. The van der Waals surface area contributed by atoms with E-state index in [9.17, 15) is 4.79 Å². The molecule has 1 aliphatic carbocycles. The van der Waals surface area contributed by atoms with Crippen molar-refractivity contribution in [3.05, 3.63) is 65.2 Å². The van der Waals surface area contributed by atoms with Crippen LogP contribution in [0.25, 0.3) is 0 Å². The van der Waals surface area contributed by atoms with Crippen LogP contribution in [0.1, 0.15) is 16.7 Å². The number of nitrogen functional groups attached to an aromatic ring is 1. The summed E-state index contributed by atoms with van der Waals surface area (Å²) >= 11 is 0. The van der Waals surface area contributed by atoms with E-state index in [4.69, 9.17) is 5.73 Å². The molecular weight excluding hydrogens is 260 g/mol. The van der Waals surface area contributed by atoms with Crippen LogP contribution in [-0.4, -0.2) is 17.9 Å². The lowest BCUT2D eigenvalue weighted by Crippen LogP contribution is -2.32. The first kappa shape index (κ1) is 13.7. The monoisotopic (exact) mass is 280 g/mol. The van der Waals surface area contributed by atoms with Gasteiger partial charge in [-0.25, -0.2) is 0 Å². The average Bonchev–Trinajstić information content (AvgIpc) is 2.92. The lowest BCUT2D eigenvalue weighted by molar-refractivity contribution is -0.134. The molecule has 2 aromatic rings. The van der Waals surface area contributed by atoms with Gasteiger partial charge >= 0.3 is 0 Å². The quantitative estimate of drug-likeness (QED) is 0.879. The number of anilines is 1. The van der Waals surface area contributed by atoms with E-state index in [1.165, 1.54) is 11.1 Å².